The Labute approximate surface area is 290 Å². The number of allylic oxidation sites excluding steroid dienone is 2. The number of ether oxygens (including phenoxy) is 6. The standard InChI is InChI=1S/C10H16O3.C9H16O3.C9H14O3.C9H12O3/c1-7(11)8-4-10(6-12-10)5-9(2,3)13-8;1-8(2)5-9(6-11-9)3-7(4-10)12-8;2*1-6(10)8-4-7(11)5-9(2,3)12-8/h8H,4-6H2,1-3H3;7,10H,3-6H2,1-2H3;8H,4-5H2,1-3H3;4H,5H2,1-3H3/t8-,10+;7-,9+;8-;/m000./s1. The van der Waals surface area contributed by atoms with Crippen molar-refractivity contribution < 1.29 is 57.5 Å². The minimum absolute atomic E-state index is 0.0297. The Hall–Kier alpha value is -2.35. The highest BCUT2D eigenvalue weighted by molar-refractivity contribution is 6.01. The number of hydrogen-bond acceptors (Lipinski definition) is 12. The van der Waals surface area contributed by atoms with E-state index in [-0.39, 0.29) is 82.3 Å². The second-order valence-electron chi connectivity index (χ2n) is 16.8. The largest absolute Gasteiger partial charge is 0.484 e. The van der Waals surface area contributed by atoms with E-state index in [4.69, 9.17) is 33.5 Å². The monoisotopic (exact) mass is 694 g/mol. The van der Waals surface area contributed by atoms with Crippen molar-refractivity contribution in [2.24, 2.45) is 0 Å². The lowest BCUT2D eigenvalue weighted by Gasteiger charge is -2.38. The highest BCUT2D eigenvalue weighted by Gasteiger charge is 2.55. The van der Waals surface area contributed by atoms with Crippen LogP contribution < -0.4 is 0 Å². The van der Waals surface area contributed by atoms with E-state index in [2.05, 4.69) is 13.8 Å². The molecule has 0 unspecified atom stereocenters. The van der Waals surface area contributed by atoms with E-state index >= 15 is 0 Å². The second kappa shape index (κ2) is 15.1. The summed E-state index contributed by atoms with van der Waals surface area (Å²) in [4.78, 5) is 55.3. The lowest BCUT2D eigenvalue weighted by molar-refractivity contribution is -0.159. The van der Waals surface area contributed by atoms with Crippen LogP contribution in [0.3, 0.4) is 0 Å². The van der Waals surface area contributed by atoms with Gasteiger partial charge in [-0.25, -0.2) is 0 Å². The summed E-state index contributed by atoms with van der Waals surface area (Å²) in [5.74, 6) is 0.106. The molecule has 0 amide bonds. The Kier molecular flexibility index (Phi) is 12.7. The first-order valence-electron chi connectivity index (χ1n) is 17.2. The number of epoxide rings is 2. The van der Waals surface area contributed by atoms with Gasteiger partial charge in [-0.3, -0.25) is 24.0 Å². The summed E-state index contributed by atoms with van der Waals surface area (Å²) >= 11 is 0. The van der Waals surface area contributed by atoms with Crippen LogP contribution in [-0.4, -0.2) is 106 Å². The number of Topliss-reactive ketones (excluding diaryl/α,β-unsaturated/α-hetero) is 4. The summed E-state index contributed by atoms with van der Waals surface area (Å²) < 4.78 is 32.9. The Morgan fingerprint density at radius 1 is 0.714 bits per heavy atom. The van der Waals surface area contributed by atoms with Crippen LogP contribution in [0.4, 0.5) is 0 Å². The molecule has 6 rings (SSSR count). The predicted molar refractivity (Wildman–Crippen MR) is 179 cm³/mol. The van der Waals surface area contributed by atoms with Crippen LogP contribution in [-0.2, 0) is 52.4 Å². The van der Waals surface area contributed by atoms with E-state index < -0.39 is 17.3 Å². The number of carbonyl (C=O) groups is 5. The maximum atomic E-state index is 11.2. The number of aliphatic hydroxyl groups excluding tert-OH is 1. The summed E-state index contributed by atoms with van der Waals surface area (Å²) in [6.07, 6.45) is 4.93. The Morgan fingerprint density at radius 3 is 1.63 bits per heavy atom. The fourth-order valence-corrected chi connectivity index (χ4v) is 7.03. The molecular weight excluding hydrogens is 636 g/mol. The number of hydrogen-bond donors (Lipinski definition) is 1. The molecule has 1 N–H and O–H groups in total. The maximum absolute atomic E-state index is 11.2. The quantitative estimate of drug-likeness (QED) is 0.414. The zero-order valence-corrected chi connectivity index (χ0v) is 31.3. The zero-order chi connectivity index (χ0) is 37.2. The predicted octanol–water partition coefficient (Wildman–Crippen LogP) is 4.34. The van der Waals surface area contributed by atoms with Crippen LogP contribution in [0.25, 0.3) is 0 Å². The molecule has 6 aliphatic rings. The van der Waals surface area contributed by atoms with Gasteiger partial charge in [-0.2, -0.15) is 0 Å². The fourth-order valence-electron chi connectivity index (χ4n) is 7.03. The van der Waals surface area contributed by atoms with Gasteiger partial charge in [0.05, 0.1) is 53.9 Å². The van der Waals surface area contributed by atoms with Gasteiger partial charge in [0, 0.05) is 57.9 Å². The molecule has 0 saturated carbocycles. The minimum Gasteiger partial charge on any atom is -0.484 e. The summed E-state index contributed by atoms with van der Waals surface area (Å²) in [5, 5.41) is 9.00. The number of carbonyl (C=O) groups excluding carboxylic acids is 5. The van der Waals surface area contributed by atoms with E-state index in [0.29, 0.717) is 12.8 Å². The smallest absolute Gasteiger partial charge is 0.194 e. The van der Waals surface area contributed by atoms with Crippen molar-refractivity contribution in [1.29, 1.82) is 0 Å². The SMILES string of the molecule is CC(=O)C1=CC(=O)CC(C)(C)O1.CC(=O)[C@@H]1CC(=O)CC(C)(C)O1.CC(=O)[C@@H]1C[C@]2(CO2)CC(C)(C)O1.CC1(C)C[C@@]2(CO2)C[C@@H](CO)O1. The highest BCUT2D eigenvalue weighted by atomic mass is 16.6. The molecule has 12 nitrogen and oxygen atoms in total. The fraction of sp³-hybridized carbons (Fsp3) is 0.811. The lowest BCUT2D eigenvalue weighted by atomic mass is 9.85. The van der Waals surface area contributed by atoms with Crippen LogP contribution in [0.15, 0.2) is 11.8 Å². The molecule has 0 radical (unpaired) electrons. The van der Waals surface area contributed by atoms with Gasteiger partial charge in [-0.05, 0) is 69.2 Å². The van der Waals surface area contributed by atoms with E-state index in [1.807, 2.05) is 27.7 Å². The molecule has 12 heteroatoms. The average Bonchev–Trinajstić information content (AvgIpc) is 3.84. The van der Waals surface area contributed by atoms with E-state index in [1.165, 1.54) is 19.9 Å². The van der Waals surface area contributed by atoms with Crippen LogP contribution in [0.2, 0.25) is 0 Å². The first kappa shape index (κ1) is 41.1. The summed E-state index contributed by atoms with van der Waals surface area (Å²) in [7, 11) is 0. The molecule has 6 aliphatic heterocycles. The molecule has 5 saturated heterocycles. The molecule has 5 atom stereocenters. The van der Waals surface area contributed by atoms with Crippen LogP contribution in [0.1, 0.15) is 121 Å². The van der Waals surface area contributed by atoms with Crippen molar-refractivity contribution in [1.82, 2.24) is 0 Å². The maximum Gasteiger partial charge on any atom is 0.194 e. The van der Waals surface area contributed by atoms with E-state index in [0.717, 1.165) is 38.9 Å². The summed E-state index contributed by atoms with van der Waals surface area (Å²) in [5.41, 5.74) is -1.33. The highest BCUT2D eigenvalue weighted by Crippen LogP contribution is 2.46. The molecule has 278 valence electrons. The topological polar surface area (TPSA) is 168 Å². The van der Waals surface area contributed by atoms with Crippen LogP contribution >= 0.6 is 0 Å². The van der Waals surface area contributed by atoms with Gasteiger partial charge in [0.1, 0.15) is 23.6 Å². The molecule has 6 heterocycles. The van der Waals surface area contributed by atoms with Gasteiger partial charge >= 0.3 is 0 Å². The van der Waals surface area contributed by atoms with Gasteiger partial charge in [-0.15, -0.1) is 0 Å². The second-order valence-corrected chi connectivity index (χ2v) is 16.8. The Morgan fingerprint density at radius 2 is 1.20 bits per heavy atom. The van der Waals surface area contributed by atoms with Gasteiger partial charge in [-0.1, -0.05) is 0 Å². The third kappa shape index (κ3) is 13.0. The van der Waals surface area contributed by atoms with Crippen molar-refractivity contribution in [3.63, 3.8) is 0 Å². The van der Waals surface area contributed by atoms with Crippen LogP contribution in [0.5, 0.6) is 0 Å². The molecule has 2 spiro atoms. The van der Waals surface area contributed by atoms with Crippen molar-refractivity contribution in [3.05, 3.63) is 11.8 Å². The number of aliphatic hydroxyl groups is 1. The van der Waals surface area contributed by atoms with Crippen molar-refractivity contribution in [2.75, 3.05) is 19.8 Å². The molecule has 0 bridgehead atoms. The van der Waals surface area contributed by atoms with Gasteiger partial charge < -0.3 is 33.5 Å². The minimum atomic E-state index is -0.535. The van der Waals surface area contributed by atoms with Crippen molar-refractivity contribution in [3.8, 4) is 0 Å². The third-order valence-electron chi connectivity index (χ3n) is 8.94. The van der Waals surface area contributed by atoms with Crippen molar-refractivity contribution in [2.45, 2.75) is 173 Å². The molecule has 0 aromatic rings. The lowest BCUT2D eigenvalue weighted by Crippen LogP contribution is -2.46. The normalized spacial score (nSPS) is 34.3. The number of ketones is 5. The Bertz CT molecular complexity index is 1290. The average molecular weight is 695 g/mol. The molecule has 0 aromatic heterocycles. The van der Waals surface area contributed by atoms with E-state index in [1.54, 1.807) is 20.8 Å². The van der Waals surface area contributed by atoms with Gasteiger partial charge in [0.2, 0.25) is 0 Å². The van der Waals surface area contributed by atoms with Crippen LogP contribution in [0, 0.1) is 0 Å². The molecule has 49 heavy (non-hydrogen) atoms. The molecule has 0 aromatic carbocycles. The zero-order valence-electron chi connectivity index (χ0n) is 31.3. The van der Waals surface area contributed by atoms with E-state index in [9.17, 15) is 24.0 Å². The third-order valence-corrected chi connectivity index (χ3v) is 8.94. The molecule has 0 aliphatic carbocycles. The summed E-state index contributed by atoms with van der Waals surface area (Å²) in [6, 6.07) is 0. The van der Waals surface area contributed by atoms with Crippen molar-refractivity contribution >= 4 is 28.9 Å². The molecular formula is C37H58O12. The first-order chi connectivity index (χ1) is 22.3. The number of rotatable bonds is 4. The first-order valence-corrected chi connectivity index (χ1v) is 17.2. The summed E-state index contributed by atoms with van der Waals surface area (Å²) in [6.45, 7) is 21.6. The van der Waals surface area contributed by atoms with Gasteiger partial charge in [0.15, 0.2) is 28.9 Å². The molecule has 5 fully saturated rings. The Balaban J connectivity index is 0.000000177. The van der Waals surface area contributed by atoms with Gasteiger partial charge in [0.25, 0.3) is 0 Å².